The molecule has 1 aliphatic heterocycles. The highest BCUT2D eigenvalue weighted by atomic mass is 19.3. The molecule has 0 spiro atoms. The molecule has 0 aliphatic carbocycles. The van der Waals surface area contributed by atoms with Crippen LogP contribution in [0.1, 0.15) is 23.2 Å². The lowest BCUT2D eigenvalue weighted by atomic mass is 10.2. The van der Waals surface area contributed by atoms with E-state index in [2.05, 4.69) is 10.1 Å². The van der Waals surface area contributed by atoms with Gasteiger partial charge in [-0.2, -0.15) is 8.78 Å². The van der Waals surface area contributed by atoms with Gasteiger partial charge in [0.25, 0.3) is 5.91 Å². The molecule has 21 heavy (non-hydrogen) atoms. The second-order valence-electron chi connectivity index (χ2n) is 4.67. The van der Waals surface area contributed by atoms with Crippen LogP contribution in [0.2, 0.25) is 0 Å². The van der Waals surface area contributed by atoms with Gasteiger partial charge in [-0.05, 0) is 37.1 Å². The van der Waals surface area contributed by atoms with E-state index in [1.807, 2.05) is 0 Å². The van der Waals surface area contributed by atoms with Crippen LogP contribution in [0.15, 0.2) is 24.3 Å². The average Bonchev–Trinajstić information content (AvgIpc) is 2.99. The summed E-state index contributed by atoms with van der Waals surface area (Å²) in [4.78, 5) is 25.3. The first kappa shape index (κ1) is 15.2. The van der Waals surface area contributed by atoms with Crippen molar-refractivity contribution >= 4 is 11.8 Å². The lowest BCUT2D eigenvalue weighted by molar-refractivity contribution is -0.129. The van der Waals surface area contributed by atoms with Crippen LogP contribution in [-0.4, -0.2) is 43.0 Å². The summed E-state index contributed by atoms with van der Waals surface area (Å²) in [6, 6.07) is 5.30. The molecule has 0 atom stereocenters. The van der Waals surface area contributed by atoms with Crippen LogP contribution >= 0.6 is 0 Å². The highest BCUT2D eigenvalue weighted by molar-refractivity contribution is 5.96. The number of benzene rings is 1. The standard InChI is InChI=1S/C14H16F2N2O3/c15-14(16)21-11-5-3-10(4-6-11)13(20)17-9-12(19)18-7-1-2-8-18/h3-6,14H,1-2,7-9H2,(H,17,20). The number of amides is 2. The summed E-state index contributed by atoms with van der Waals surface area (Å²) in [5.41, 5.74) is 0.283. The second kappa shape index (κ2) is 7.01. The Balaban J connectivity index is 1.83. The van der Waals surface area contributed by atoms with Crippen molar-refractivity contribution in [3.63, 3.8) is 0 Å². The van der Waals surface area contributed by atoms with Crippen molar-refractivity contribution in [2.24, 2.45) is 0 Å². The summed E-state index contributed by atoms with van der Waals surface area (Å²) in [5, 5.41) is 2.52. The number of halogens is 2. The molecule has 1 aliphatic rings. The summed E-state index contributed by atoms with van der Waals surface area (Å²) in [6.07, 6.45) is 1.98. The Morgan fingerprint density at radius 1 is 1.19 bits per heavy atom. The molecule has 1 heterocycles. The molecule has 2 amide bonds. The molecule has 1 N–H and O–H groups in total. The monoisotopic (exact) mass is 298 g/mol. The number of nitrogens with zero attached hydrogens (tertiary/aromatic N) is 1. The maximum atomic E-state index is 12.0. The van der Waals surface area contributed by atoms with Gasteiger partial charge in [0.05, 0.1) is 6.54 Å². The number of likely N-dealkylation sites (tertiary alicyclic amines) is 1. The molecule has 1 fully saturated rings. The van der Waals surface area contributed by atoms with Crippen LogP contribution in [0.3, 0.4) is 0 Å². The molecule has 0 radical (unpaired) electrons. The Morgan fingerprint density at radius 2 is 1.81 bits per heavy atom. The van der Waals surface area contributed by atoms with Crippen LogP contribution in [-0.2, 0) is 4.79 Å². The molecule has 7 heteroatoms. The third-order valence-electron chi connectivity index (χ3n) is 3.20. The molecule has 0 aromatic heterocycles. The number of rotatable bonds is 5. The fraction of sp³-hybridized carbons (Fsp3) is 0.429. The lowest BCUT2D eigenvalue weighted by Gasteiger charge is -2.15. The highest BCUT2D eigenvalue weighted by Crippen LogP contribution is 2.14. The van der Waals surface area contributed by atoms with Gasteiger partial charge in [0.15, 0.2) is 0 Å². The van der Waals surface area contributed by atoms with E-state index in [9.17, 15) is 18.4 Å². The van der Waals surface area contributed by atoms with Gasteiger partial charge in [0.1, 0.15) is 5.75 Å². The summed E-state index contributed by atoms with van der Waals surface area (Å²) in [6.45, 7) is -1.50. The summed E-state index contributed by atoms with van der Waals surface area (Å²) < 4.78 is 28.2. The van der Waals surface area contributed by atoms with Gasteiger partial charge >= 0.3 is 6.61 Å². The van der Waals surface area contributed by atoms with E-state index in [0.717, 1.165) is 25.9 Å². The first-order chi connectivity index (χ1) is 10.1. The number of carbonyl (C=O) groups is 2. The van der Waals surface area contributed by atoms with E-state index >= 15 is 0 Å². The van der Waals surface area contributed by atoms with E-state index in [4.69, 9.17) is 0 Å². The third-order valence-corrected chi connectivity index (χ3v) is 3.20. The topological polar surface area (TPSA) is 58.6 Å². The zero-order valence-corrected chi connectivity index (χ0v) is 11.4. The summed E-state index contributed by atoms with van der Waals surface area (Å²) >= 11 is 0. The van der Waals surface area contributed by atoms with Crippen LogP contribution in [0.5, 0.6) is 5.75 Å². The molecule has 1 saturated heterocycles. The Kier molecular flexibility index (Phi) is 5.08. The van der Waals surface area contributed by atoms with Gasteiger partial charge in [0, 0.05) is 18.7 Å². The molecule has 0 saturated carbocycles. The van der Waals surface area contributed by atoms with Crippen molar-refractivity contribution in [2.75, 3.05) is 19.6 Å². The molecule has 0 bridgehead atoms. The number of nitrogens with one attached hydrogen (secondary N) is 1. The minimum atomic E-state index is -2.90. The normalized spacial score (nSPS) is 14.3. The van der Waals surface area contributed by atoms with Crippen molar-refractivity contribution in [3.05, 3.63) is 29.8 Å². The van der Waals surface area contributed by atoms with Crippen molar-refractivity contribution in [1.29, 1.82) is 0 Å². The summed E-state index contributed by atoms with van der Waals surface area (Å²) in [5.74, 6) is -0.556. The minimum Gasteiger partial charge on any atom is -0.435 e. The zero-order chi connectivity index (χ0) is 15.2. The largest absolute Gasteiger partial charge is 0.435 e. The molecule has 114 valence electrons. The zero-order valence-electron chi connectivity index (χ0n) is 11.4. The van der Waals surface area contributed by atoms with Gasteiger partial charge in [-0.1, -0.05) is 0 Å². The first-order valence-electron chi connectivity index (χ1n) is 6.67. The van der Waals surface area contributed by atoms with Crippen molar-refractivity contribution in [3.8, 4) is 5.75 Å². The van der Waals surface area contributed by atoms with E-state index in [1.165, 1.54) is 24.3 Å². The van der Waals surface area contributed by atoms with E-state index < -0.39 is 12.5 Å². The molecule has 2 rings (SSSR count). The smallest absolute Gasteiger partial charge is 0.387 e. The van der Waals surface area contributed by atoms with E-state index in [1.54, 1.807) is 4.90 Å². The molecular formula is C14H16F2N2O3. The Hall–Kier alpha value is -2.18. The first-order valence-corrected chi connectivity index (χ1v) is 6.67. The summed E-state index contributed by atoms with van der Waals surface area (Å²) in [7, 11) is 0. The Morgan fingerprint density at radius 3 is 2.38 bits per heavy atom. The van der Waals surface area contributed by atoms with Gasteiger partial charge in [-0.25, -0.2) is 0 Å². The SMILES string of the molecule is O=C(NCC(=O)N1CCCC1)c1ccc(OC(F)F)cc1. The van der Waals surface area contributed by atoms with Crippen LogP contribution in [0.25, 0.3) is 0 Å². The van der Waals surface area contributed by atoms with E-state index in [-0.39, 0.29) is 23.8 Å². The second-order valence-corrected chi connectivity index (χ2v) is 4.67. The number of hydrogen-bond donors (Lipinski definition) is 1. The van der Waals surface area contributed by atoms with Crippen LogP contribution in [0.4, 0.5) is 8.78 Å². The van der Waals surface area contributed by atoms with Gasteiger partial charge in [0.2, 0.25) is 5.91 Å². The maximum absolute atomic E-state index is 12.0. The van der Waals surface area contributed by atoms with E-state index in [0.29, 0.717) is 0 Å². The fourth-order valence-electron chi connectivity index (χ4n) is 2.12. The number of hydrogen-bond acceptors (Lipinski definition) is 3. The quantitative estimate of drug-likeness (QED) is 0.899. The Labute approximate surface area is 120 Å². The highest BCUT2D eigenvalue weighted by Gasteiger charge is 2.18. The van der Waals surface area contributed by atoms with Gasteiger partial charge in [-0.15, -0.1) is 0 Å². The molecule has 1 aromatic carbocycles. The minimum absolute atomic E-state index is 0.0188. The molecular weight excluding hydrogens is 282 g/mol. The van der Waals surface area contributed by atoms with Gasteiger partial charge < -0.3 is 15.0 Å². The van der Waals surface area contributed by atoms with Crippen molar-refractivity contribution in [1.82, 2.24) is 10.2 Å². The predicted molar refractivity (Wildman–Crippen MR) is 71.2 cm³/mol. The lowest BCUT2D eigenvalue weighted by Crippen LogP contribution is -2.38. The maximum Gasteiger partial charge on any atom is 0.387 e. The van der Waals surface area contributed by atoms with Crippen molar-refractivity contribution in [2.45, 2.75) is 19.5 Å². The van der Waals surface area contributed by atoms with Crippen LogP contribution < -0.4 is 10.1 Å². The number of ether oxygens (including phenoxy) is 1. The number of alkyl halides is 2. The fourth-order valence-corrected chi connectivity index (χ4v) is 2.12. The van der Waals surface area contributed by atoms with Crippen LogP contribution in [0, 0.1) is 0 Å². The molecule has 5 nitrogen and oxygen atoms in total. The predicted octanol–water partition coefficient (Wildman–Crippen LogP) is 1.64. The third kappa shape index (κ3) is 4.40. The Bertz CT molecular complexity index is 499. The molecule has 1 aromatic rings. The van der Waals surface area contributed by atoms with Gasteiger partial charge in [-0.3, -0.25) is 9.59 Å². The van der Waals surface area contributed by atoms with Crippen molar-refractivity contribution < 1.29 is 23.1 Å². The average molecular weight is 298 g/mol. The molecule has 0 unspecified atom stereocenters. The number of carbonyl (C=O) groups excluding carboxylic acids is 2.